The Labute approximate surface area is 157 Å². The van der Waals surface area contributed by atoms with E-state index in [1.807, 2.05) is 54.6 Å². The summed E-state index contributed by atoms with van der Waals surface area (Å²) in [4.78, 5) is 23.0. The third kappa shape index (κ3) is 4.49. The number of anilines is 2. The number of non-ortho nitro benzene ring substituents is 1. The van der Waals surface area contributed by atoms with E-state index in [0.29, 0.717) is 11.4 Å². The highest BCUT2D eigenvalue weighted by atomic mass is 16.6. The Morgan fingerprint density at radius 2 is 1.67 bits per heavy atom. The van der Waals surface area contributed by atoms with E-state index in [0.717, 1.165) is 11.1 Å². The first-order chi connectivity index (χ1) is 13.0. The lowest BCUT2D eigenvalue weighted by Gasteiger charge is -2.17. The molecule has 6 heteroatoms. The minimum Gasteiger partial charge on any atom is -0.374 e. The summed E-state index contributed by atoms with van der Waals surface area (Å²) >= 11 is 0. The lowest BCUT2D eigenvalue weighted by molar-refractivity contribution is -0.384. The molecule has 3 aromatic carbocycles. The Hall–Kier alpha value is -3.67. The normalized spacial score (nSPS) is 11.4. The Morgan fingerprint density at radius 1 is 0.963 bits per heavy atom. The summed E-state index contributed by atoms with van der Waals surface area (Å²) in [5.41, 5.74) is 3.13. The second-order valence-corrected chi connectivity index (χ2v) is 6.07. The summed E-state index contributed by atoms with van der Waals surface area (Å²) in [6, 6.07) is 22.9. The topological polar surface area (TPSA) is 84.3 Å². The van der Waals surface area contributed by atoms with Gasteiger partial charge in [-0.2, -0.15) is 0 Å². The molecule has 27 heavy (non-hydrogen) atoms. The minimum absolute atomic E-state index is 0.0259. The SMILES string of the molecule is C[C@@H](Nc1cccc([N+](=O)[O-])c1)C(=O)Nc1ccccc1-c1ccccc1. The van der Waals surface area contributed by atoms with E-state index in [9.17, 15) is 14.9 Å². The van der Waals surface area contributed by atoms with Crippen LogP contribution in [0.3, 0.4) is 0 Å². The van der Waals surface area contributed by atoms with Crippen molar-refractivity contribution in [3.05, 3.63) is 89.0 Å². The molecule has 0 saturated heterocycles. The zero-order valence-corrected chi connectivity index (χ0v) is 14.8. The molecular formula is C21H19N3O3. The van der Waals surface area contributed by atoms with Crippen molar-refractivity contribution in [2.45, 2.75) is 13.0 Å². The molecule has 136 valence electrons. The highest BCUT2D eigenvalue weighted by Gasteiger charge is 2.16. The molecule has 2 N–H and O–H groups in total. The van der Waals surface area contributed by atoms with Crippen LogP contribution < -0.4 is 10.6 Å². The van der Waals surface area contributed by atoms with Crippen LogP contribution in [0, 0.1) is 10.1 Å². The highest BCUT2D eigenvalue weighted by molar-refractivity contribution is 5.99. The summed E-state index contributed by atoms with van der Waals surface area (Å²) in [6.45, 7) is 1.71. The van der Waals surface area contributed by atoms with Gasteiger partial charge in [-0.15, -0.1) is 0 Å². The largest absolute Gasteiger partial charge is 0.374 e. The molecule has 1 amide bonds. The monoisotopic (exact) mass is 361 g/mol. The molecule has 0 aliphatic rings. The summed E-state index contributed by atoms with van der Waals surface area (Å²) < 4.78 is 0. The Morgan fingerprint density at radius 3 is 2.41 bits per heavy atom. The van der Waals surface area contributed by atoms with Crippen molar-refractivity contribution in [1.82, 2.24) is 0 Å². The molecule has 0 fully saturated rings. The molecule has 0 radical (unpaired) electrons. The number of nitrogens with zero attached hydrogens (tertiary/aromatic N) is 1. The smallest absolute Gasteiger partial charge is 0.271 e. The molecule has 0 heterocycles. The van der Waals surface area contributed by atoms with E-state index in [1.54, 1.807) is 19.1 Å². The number of benzene rings is 3. The predicted octanol–water partition coefficient (Wildman–Crippen LogP) is 4.70. The minimum atomic E-state index is -0.573. The average Bonchev–Trinajstić information content (AvgIpc) is 2.69. The number of para-hydroxylation sites is 1. The van der Waals surface area contributed by atoms with Crippen molar-refractivity contribution < 1.29 is 9.72 Å². The fourth-order valence-electron chi connectivity index (χ4n) is 2.73. The number of nitro groups is 1. The molecule has 3 aromatic rings. The fraction of sp³-hybridized carbons (Fsp3) is 0.0952. The number of carbonyl (C=O) groups is 1. The lowest BCUT2D eigenvalue weighted by atomic mass is 10.0. The molecule has 0 aliphatic heterocycles. The molecule has 0 unspecified atom stereocenters. The molecule has 3 rings (SSSR count). The molecule has 0 aliphatic carbocycles. The number of nitrogens with one attached hydrogen (secondary N) is 2. The molecule has 0 bridgehead atoms. The second kappa shape index (κ2) is 8.14. The van der Waals surface area contributed by atoms with Crippen LogP contribution in [-0.2, 0) is 4.79 Å². The Kier molecular flexibility index (Phi) is 5.47. The van der Waals surface area contributed by atoms with Gasteiger partial charge in [0.05, 0.1) is 4.92 Å². The lowest BCUT2D eigenvalue weighted by Crippen LogP contribution is -2.32. The maximum atomic E-state index is 12.6. The van der Waals surface area contributed by atoms with Crippen LogP contribution in [0.15, 0.2) is 78.9 Å². The molecule has 0 spiro atoms. The molecule has 1 atom stereocenters. The zero-order valence-electron chi connectivity index (χ0n) is 14.8. The third-order valence-corrected chi connectivity index (χ3v) is 4.10. The standard InChI is InChI=1S/C21H19N3O3/c1-15(22-17-10-7-11-18(14-17)24(26)27)21(25)23-20-13-6-5-12-19(20)16-8-3-2-4-9-16/h2-15,22H,1H3,(H,23,25)/t15-/m1/s1. The number of hydrogen-bond donors (Lipinski definition) is 2. The van der Waals surface area contributed by atoms with Crippen LogP contribution in [0.1, 0.15) is 6.92 Å². The van der Waals surface area contributed by atoms with Crippen molar-refractivity contribution >= 4 is 23.0 Å². The number of rotatable bonds is 6. The molecule has 6 nitrogen and oxygen atoms in total. The first-order valence-corrected chi connectivity index (χ1v) is 8.51. The van der Waals surface area contributed by atoms with E-state index in [-0.39, 0.29) is 11.6 Å². The van der Waals surface area contributed by atoms with Gasteiger partial charge in [-0.1, -0.05) is 54.6 Å². The highest BCUT2D eigenvalue weighted by Crippen LogP contribution is 2.27. The Balaban J connectivity index is 1.74. The third-order valence-electron chi connectivity index (χ3n) is 4.10. The first kappa shape index (κ1) is 18.1. The average molecular weight is 361 g/mol. The molecule has 0 aromatic heterocycles. The fourth-order valence-corrected chi connectivity index (χ4v) is 2.73. The van der Waals surface area contributed by atoms with Gasteiger partial charge in [0.25, 0.3) is 5.69 Å². The number of carbonyl (C=O) groups excluding carboxylic acids is 1. The van der Waals surface area contributed by atoms with Crippen LogP contribution >= 0.6 is 0 Å². The maximum Gasteiger partial charge on any atom is 0.271 e. The van der Waals surface area contributed by atoms with Crippen LogP contribution in [0.4, 0.5) is 17.1 Å². The van der Waals surface area contributed by atoms with E-state index in [4.69, 9.17) is 0 Å². The van der Waals surface area contributed by atoms with Crippen molar-refractivity contribution in [2.24, 2.45) is 0 Å². The van der Waals surface area contributed by atoms with Crippen molar-refractivity contribution in [1.29, 1.82) is 0 Å². The summed E-state index contributed by atoms with van der Waals surface area (Å²) in [5.74, 6) is -0.232. The Bertz CT molecular complexity index is 958. The van der Waals surface area contributed by atoms with E-state index < -0.39 is 11.0 Å². The number of hydrogen-bond acceptors (Lipinski definition) is 4. The van der Waals surface area contributed by atoms with E-state index in [1.165, 1.54) is 12.1 Å². The summed E-state index contributed by atoms with van der Waals surface area (Å²) in [5, 5.41) is 16.8. The van der Waals surface area contributed by atoms with Gasteiger partial charge in [0.15, 0.2) is 0 Å². The summed E-state index contributed by atoms with van der Waals surface area (Å²) in [7, 11) is 0. The second-order valence-electron chi connectivity index (χ2n) is 6.07. The maximum absolute atomic E-state index is 12.6. The van der Waals surface area contributed by atoms with Gasteiger partial charge in [-0.05, 0) is 24.6 Å². The van der Waals surface area contributed by atoms with Crippen molar-refractivity contribution in [3.63, 3.8) is 0 Å². The predicted molar refractivity (Wildman–Crippen MR) is 107 cm³/mol. The molecular weight excluding hydrogens is 342 g/mol. The van der Waals surface area contributed by atoms with Crippen LogP contribution in [0.25, 0.3) is 11.1 Å². The van der Waals surface area contributed by atoms with Gasteiger partial charge in [0.1, 0.15) is 6.04 Å². The van der Waals surface area contributed by atoms with Crippen molar-refractivity contribution in [2.75, 3.05) is 10.6 Å². The number of amides is 1. The van der Waals surface area contributed by atoms with Gasteiger partial charge in [0, 0.05) is 29.1 Å². The van der Waals surface area contributed by atoms with Gasteiger partial charge in [0.2, 0.25) is 5.91 Å². The summed E-state index contributed by atoms with van der Waals surface area (Å²) in [6.07, 6.45) is 0. The van der Waals surface area contributed by atoms with Crippen molar-refractivity contribution in [3.8, 4) is 11.1 Å². The zero-order chi connectivity index (χ0) is 19.2. The van der Waals surface area contributed by atoms with Crippen LogP contribution in [0.2, 0.25) is 0 Å². The quantitative estimate of drug-likeness (QED) is 0.492. The molecule has 0 saturated carbocycles. The van der Waals surface area contributed by atoms with Crippen LogP contribution in [-0.4, -0.2) is 16.9 Å². The van der Waals surface area contributed by atoms with E-state index in [2.05, 4.69) is 10.6 Å². The number of nitro benzene ring substituents is 1. The van der Waals surface area contributed by atoms with Gasteiger partial charge in [-0.3, -0.25) is 14.9 Å². The van der Waals surface area contributed by atoms with Gasteiger partial charge in [-0.25, -0.2) is 0 Å². The van der Waals surface area contributed by atoms with Crippen LogP contribution in [0.5, 0.6) is 0 Å². The van der Waals surface area contributed by atoms with Gasteiger partial charge < -0.3 is 10.6 Å². The first-order valence-electron chi connectivity index (χ1n) is 8.51. The van der Waals surface area contributed by atoms with Gasteiger partial charge >= 0.3 is 0 Å². The van der Waals surface area contributed by atoms with E-state index >= 15 is 0 Å².